The lowest BCUT2D eigenvalue weighted by atomic mass is 9.87. The molecular formula is C15H20ClNO. The van der Waals surface area contributed by atoms with E-state index < -0.39 is 0 Å². The molecule has 0 bridgehead atoms. The van der Waals surface area contributed by atoms with Crippen molar-refractivity contribution < 1.29 is 4.74 Å². The third-order valence-corrected chi connectivity index (χ3v) is 4.63. The van der Waals surface area contributed by atoms with E-state index in [4.69, 9.17) is 22.1 Å². The number of hydrogen-bond donors (Lipinski definition) is 1. The van der Waals surface area contributed by atoms with E-state index in [1.807, 2.05) is 0 Å². The molecule has 0 aromatic heterocycles. The lowest BCUT2D eigenvalue weighted by Crippen LogP contribution is -2.31. The van der Waals surface area contributed by atoms with Crippen LogP contribution in [0.15, 0.2) is 12.1 Å². The van der Waals surface area contributed by atoms with Crippen molar-refractivity contribution in [2.75, 3.05) is 0 Å². The summed E-state index contributed by atoms with van der Waals surface area (Å²) in [5, 5.41) is 0.736. The first-order valence-electron chi connectivity index (χ1n) is 6.62. The quantitative estimate of drug-likeness (QED) is 0.889. The van der Waals surface area contributed by atoms with Gasteiger partial charge in [-0.3, -0.25) is 0 Å². The minimum atomic E-state index is -0.143. The topological polar surface area (TPSA) is 35.2 Å². The third-order valence-electron chi connectivity index (χ3n) is 4.35. The molecule has 0 spiro atoms. The van der Waals surface area contributed by atoms with Gasteiger partial charge in [0.25, 0.3) is 0 Å². The van der Waals surface area contributed by atoms with Gasteiger partial charge >= 0.3 is 0 Å². The Morgan fingerprint density at radius 2 is 2.00 bits per heavy atom. The molecule has 1 fully saturated rings. The number of rotatable bonds is 2. The maximum absolute atomic E-state index is 6.37. The predicted molar refractivity (Wildman–Crippen MR) is 74.4 cm³/mol. The zero-order valence-corrected chi connectivity index (χ0v) is 12.0. The van der Waals surface area contributed by atoms with E-state index >= 15 is 0 Å². The van der Waals surface area contributed by atoms with Gasteiger partial charge in [0.1, 0.15) is 11.4 Å². The summed E-state index contributed by atoms with van der Waals surface area (Å²) < 4.78 is 5.91. The van der Waals surface area contributed by atoms with Crippen molar-refractivity contribution in [1.29, 1.82) is 0 Å². The van der Waals surface area contributed by atoms with E-state index in [1.165, 1.54) is 24.0 Å². The summed E-state index contributed by atoms with van der Waals surface area (Å²) in [6.45, 7) is 6.29. The van der Waals surface area contributed by atoms with Crippen molar-refractivity contribution in [2.24, 2.45) is 5.73 Å². The molecule has 1 atom stereocenters. The summed E-state index contributed by atoms with van der Waals surface area (Å²) in [7, 11) is 0. The highest BCUT2D eigenvalue weighted by molar-refractivity contribution is 6.32. The van der Waals surface area contributed by atoms with E-state index in [9.17, 15) is 0 Å². The number of hydrogen-bond acceptors (Lipinski definition) is 2. The van der Waals surface area contributed by atoms with Gasteiger partial charge < -0.3 is 10.5 Å². The van der Waals surface area contributed by atoms with Crippen LogP contribution in [0.5, 0.6) is 5.75 Å². The second-order valence-electron chi connectivity index (χ2n) is 6.43. The van der Waals surface area contributed by atoms with E-state index in [2.05, 4.69) is 32.9 Å². The molecular weight excluding hydrogens is 246 g/mol. The molecule has 2 aliphatic rings. The number of fused-ring (bicyclic) bond motifs is 1. The predicted octanol–water partition coefficient (Wildman–Crippen LogP) is 3.43. The second kappa shape index (κ2) is 3.64. The summed E-state index contributed by atoms with van der Waals surface area (Å²) in [5.41, 5.74) is 8.68. The molecule has 0 amide bonds. The largest absolute Gasteiger partial charge is 0.486 e. The molecule has 1 aliphatic carbocycles. The first-order chi connectivity index (χ1) is 8.34. The summed E-state index contributed by atoms with van der Waals surface area (Å²) in [6.07, 6.45) is 3.26. The van der Waals surface area contributed by atoms with Gasteiger partial charge in [-0.05, 0) is 50.8 Å². The normalized spacial score (nSPS) is 24.3. The van der Waals surface area contributed by atoms with Crippen LogP contribution in [-0.2, 0) is 11.8 Å². The average molecular weight is 266 g/mol. The zero-order valence-electron chi connectivity index (χ0n) is 11.2. The number of benzene rings is 1. The fraction of sp³-hybridized carbons (Fsp3) is 0.600. The van der Waals surface area contributed by atoms with Crippen molar-refractivity contribution in [3.63, 3.8) is 0 Å². The highest BCUT2D eigenvalue weighted by Crippen LogP contribution is 2.53. The number of ether oxygens (including phenoxy) is 1. The lowest BCUT2D eigenvalue weighted by Gasteiger charge is -2.21. The van der Waals surface area contributed by atoms with Crippen LogP contribution >= 0.6 is 11.6 Å². The second-order valence-corrected chi connectivity index (χ2v) is 6.84. The van der Waals surface area contributed by atoms with Gasteiger partial charge in [-0.1, -0.05) is 17.7 Å². The molecule has 0 saturated heterocycles. The molecule has 1 unspecified atom stereocenters. The minimum absolute atomic E-state index is 0.143. The highest BCUT2D eigenvalue weighted by Gasteiger charge is 2.48. The molecule has 0 radical (unpaired) electrons. The third kappa shape index (κ3) is 1.74. The van der Waals surface area contributed by atoms with Gasteiger partial charge in [0, 0.05) is 17.9 Å². The van der Waals surface area contributed by atoms with Gasteiger partial charge in [-0.2, -0.15) is 0 Å². The molecule has 98 valence electrons. The van der Waals surface area contributed by atoms with Crippen LogP contribution in [0, 0.1) is 0 Å². The average Bonchev–Trinajstić information content (AvgIpc) is 2.98. The Morgan fingerprint density at radius 3 is 2.56 bits per heavy atom. The summed E-state index contributed by atoms with van der Waals surface area (Å²) in [5.74, 6) is 0.867. The Bertz CT molecular complexity index is 503. The van der Waals surface area contributed by atoms with Gasteiger partial charge in [0.2, 0.25) is 0 Å². The molecule has 1 aromatic carbocycles. The maximum atomic E-state index is 6.37. The van der Waals surface area contributed by atoms with Crippen molar-refractivity contribution in [3.8, 4) is 5.75 Å². The Morgan fingerprint density at radius 1 is 1.33 bits per heavy atom. The van der Waals surface area contributed by atoms with E-state index in [0.29, 0.717) is 0 Å². The summed E-state index contributed by atoms with van der Waals surface area (Å²) in [4.78, 5) is 0. The Kier molecular flexibility index (Phi) is 2.49. The summed E-state index contributed by atoms with van der Waals surface area (Å²) in [6, 6.07) is 4.49. The van der Waals surface area contributed by atoms with Crippen LogP contribution in [0.3, 0.4) is 0 Å². The van der Waals surface area contributed by atoms with E-state index in [1.54, 1.807) is 0 Å². The van der Waals surface area contributed by atoms with Crippen molar-refractivity contribution in [1.82, 2.24) is 0 Å². The molecule has 1 aliphatic heterocycles. The van der Waals surface area contributed by atoms with Gasteiger partial charge in [0.05, 0.1) is 5.02 Å². The number of nitrogens with two attached hydrogens (primary N) is 1. The molecule has 2 N–H and O–H groups in total. The SMILES string of the molecule is CC(N)C1(c2cc(Cl)c3c(c2)CC(C)(C)O3)CC1. The first kappa shape index (κ1) is 12.3. The van der Waals surface area contributed by atoms with E-state index in [-0.39, 0.29) is 17.1 Å². The van der Waals surface area contributed by atoms with Crippen molar-refractivity contribution in [2.45, 2.75) is 57.1 Å². The van der Waals surface area contributed by atoms with Gasteiger partial charge in [-0.15, -0.1) is 0 Å². The van der Waals surface area contributed by atoms with Crippen LogP contribution in [0.2, 0.25) is 5.02 Å². The Balaban J connectivity index is 2.05. The monoisotopic (exact) mass is 265 g/mol. The smallest absolute Gasteiger partial charge is 0.142 e. The number of halogens is 1. The molecule has 3 heteroatoms. The van der Waals surface area contributed by atoms with Gasteiger partial charge in [-0.25, -0.2) is 0 Å². The fourth-order valence-electron chi connectivity index (χ4n) is 3.10. The standard InChI is InChI=1S/C15H20ClNO/c1-9(17)15(4-5-15)11-6-10-8-14(2,3)18-13(10)12(16)7-11/h6-7,9H,4-5,8,17H2,1-3H3. The van der Waals surface area contributed by atoms with Crippen LogP contribution in [0.4, 0.5) is 0 Å². The van der Waals surface area contributed by atoms with Crippen LogP contribution in [0.1, 0.15) is 44.7 Å². The van der Waals surface area contributed by atoms with E-state index in [0.717, 1.165) is 17.2 Å². The fourth-order valence-corrected chi connectivity index (χ4v) is 3.37. The highest BCUT2D eigenvalue weighted by atomic mass is 35.5. The van der Waals surface area contributed by atoms with Gasteiger partial charge in [0.15, 0.2) is 0 Å². The maximum Gasteiger partial charge on any atom is 0.142 e. The van der Waals surface area contributed by atoms with Crippen LogP contribution in [0.25, 0.3) is 0 Å². The first-order valence-corrected chi connectivity index (χ1v) is 6.99. The Hall–Kier alpha value is -0.730. The molecule has 1 saturated carbocycles. The Labute approximate surface area is 113 Å². The van der Waals surface area contributed by atoms with Crippen LogP contribution in [-0.4, -0.2) is 11.6 Å². The molecule has 2 nitrogen and oxygen atoms in total. The molecule has 3 rings (SSSR count). The van der Waals surface area contributed by atoms with Crippen molar-refractivity contribution >= 4 is 11.6 Å². The molecule has 1 aromatic rings. The van der Waals surface area contributed by atoms with Crippen molar-refractivity contribution in [3.05, 3.63) is 28.3 Å². The van der Waals surface area contributed by atoms with Crippen LogP contribution < -0.4 is 10.5 Å². The molecule has 18 heavy (non-hydrogen) atoms. The zero-order chi connectivity index (χ0) is 13.1. The lowest BCUT2D eigenvalue weighted by molar-refractivity contribution is 0.138. The molecule has 1 heterocycles. The summed E-state index contributed by atoms with van der Waals surface area (Å²) >= 11 is 6.37. The minimum Gasteiger partial charge on any atom is -0.486 e.